The minimum Gasteiger partial charge on any atom is -0.271 e. The van der Waals surface area contributed by atoms with Gasteiger partial charge in [-0.05, 0) is 48.0 Å². The van der Waals surface area contributed by atoms with Gasteiger partial charge in [0.25, 0.3) is 15.9 Å². The number of carbonyl (C=O) groups excluding carboxylic acids is 1. The molecule has 178 valence electrons. The van der Waals surface area contributed by atoms with Crippen molar-refractivity contribution < 1.29 is 30.8 Å². The Hall–Kier alpha value is -3.44. The van der Waals surface area contributed by atoms with E-state index in [0.29, 0.717) is 15.9 Å². The van der Waals surface area contributed by atoms with Crippen LogP contribution in [0.1, 0.15) is 11.1 Å². The summed E-state index contributed by atoms with van der Waals surface area (Å²) in [4.78, 5) is 12.2. The summed E-state index contributed by atoms with van der Waals surface area (Å²) in [7, 11) is -4.44. The molecule has 34 heavy (non-hydrogen) atoms. The third kappa shape index (κ3) is 6.12. The Morgan fingerprint density at radius 3 is 2.29 bits per heavy atom. The molecule has 0 atom stereocenters. The van der Waals surface area contributed by atoms with Gasteiger partial charge in [-0.3, -0.25) is 9.10 Å². The highest BCUT2D eigenvalue weighted by Gasteiger charge is 2.35. The Morgan fingerprint density at radius 2 is 1.68 bits per heavy atom. The number of alkyl halides is 3. The van der Waals surface area contributed by atoms with Crippen molar-refractivity contribution in [2.45, 2.75) is 11.1 Å². The van der Waals surface area contributed by atoms with Gasteiger partial charge in [0, 0.05) is 0 Å². The predicted molar refractivity (Wildman–Crippen MR) is 120 cm³/mol. The maximum atomic E-state index is 13.4. The number of anilines is 1. The molecule has 0 heterocycles. The van der Waals surface area contributed by atoms with Crippen molar-refractivity contribution in [3.05, 3.63) is 94.8 Å². The third-order valence-corrected chi connectivity index (χ3v) is 6.55. The lowest BCUT2D eigenvalue weighted by atomic mass is 10.2. The van der Waals surface area contributed by atoms with Crippen molar-refractivity contribution in [1.82, 2.24) is 5.43 Å². The maximum absolute atomic E-state index is 13.4. The van der Waals surface area contributed by atoms with E-state index in [4.69, 9.17) is 11.6 Å². The monoisotopic (exact) mass is 513 g/mol. The van der Waals surface area contributed by atoms with E-state index in [-0.39, 0.29) is 4.90 Å². The van der Waals surface area contributed by atoms with Gasteiger partial charge in [0.2, 0.25) is 0 Å². The first-order chi connectivity index (χ1) is 16.0. The molecule has 0 aliphatic heterocycles. The molecule has 0 fully saturated rings. The van der Waals surface area contributed by atoms with Crippen molar-refractivity contribution in [2.24, 2.45) is 5.10 Å². The van der Waals surface area contributed by atoms with E-state index in [1.165, 1.54) is 54.7 Å². The molecule has 12 heteroatoms. The Balaban J connectivity index is 1.93. The van der Waals surface area contributed by atoms with Crippen molar-refractivity contribution >= 4 is 39.4 Å². The summed E-state index contributed by atoms with van der Waals surface area (Å²) in [5.74, 6) is -1.40. The first-order valence-electron chi connectivity index (χ1n) is 9.50. The van der Waals surface area contributed by atoms with Gasteiger partial charge >= 0.3 is 6.18 Å². The van der Waals surface area contributed by atoms with E-state index in [2.05, 4.69) is 10.5 Å². The summed E-state index contributed by atoms with van der Waals surface area (Å²) in [6, 6.07) is 14.6. The number of hydrazone groups is 1. The molecule has 0 aromatic heterocycles. The van der Waals surface area contributed by atoms with E-state index >= 15 is 0 Å². The molecular formula is C22H16ClF4N3O3S. The molecule has 0 radical (unpaired) electrons. The molecule has 0 saturated carbocycles. The molecular weight excluding hydrogens is 498 g/mol. The Kier molecular flexibility index (Phi) is 7.57. The SMILES string of the molecule is O=C(CN(c1ccc(Cl)c(C(F)(F)F)c1)S(=O)(=O)c1ccccc1)N/N=C\c1ccc(F)cc1. The highest BCUT2D eigenvalue weighted by molar-refractivity contribution is 7.92. The Bertz CT molecular complexity index is 1300. The molecule has 0 unspecified atom stereocenters. The topological polar surface area (TPSA) is 78.8 Å². The largest absolute Gasteiger partial charge is 0.417 e. The van der Waals surface area contributed by atoms with E-state index in [0.717, 1.165) is 12.1 Å². The van der Waals surface area contributed by atoms with Crippen LogP contribution in [0.5, 0.6) is 0 Å². The van der Waals surface area contributed by atoms with E-state index in [1.54, 1.807) is 6.07 Å². The summed E-state index contributed by atoms with van der Waals surface area (Å²) in [6.45, 7) is -0.878. The molecule has 3 aromatic carbocycles. The fraction of sp³-hybridized carbons (Fsp3) is 0.0909. The first kappa shape index (κ1) is 25.2. The van der Waals surface area contributed by atoms with Gasteiger partial charge < -0.3 is 0 Å². The lowest BCUT2D eigenvalue weighted by Gasteiger charge is -2.24. The summed E-state index contributed by atoms with van der Waals surface area (Å²) in [5.41, 5.74) is 0.882. The van der Waals surface area contributed by atoms with Crippen molar-refractivity contribution in [3.8, 4) is 0 Å². The van der Waals surface area contributed by atoms with Gasteiger partial charge in [0.15, 0.2) is 0 Å². The number of amides is 1. The molecule has 0 saturated heterocycles. The highest BCUT2D eigenvalue weighted by Crippen LogP contribution is 2.37. The van der Waals surface area contributed by atoms with Crippen LogP contribution < -0.4 is 9.73 Å². The van der Waals surface area contributed by atoms with Gasteiger partial charge in [-0.15, -0.1) is 0 Å². The van der Waals surface area contributed by atoms with E-state index in [9.17, 15) is 30.8 Å². The summed E-state index contributed by atoms with van der Waals surface area (Å²) >= 11 is 5.65. The van der Waals surface area contributed by atoms with E-state index in [1.807, 2.05) is 0 Å². The summed E-state index contributed by atoms with van der Waals surface area (Å²) < 4.78 is 79.9. The third-order valence-electron chi connectivity index (χ3n) is 4.43. The van der Waals surface area contributed by atoms with Gasteiger partial charge in [-0.2, -0.15) is 18.3 Å². The number of hydrogen-bond acceptors (Lipinski definition) is 4. The number of hydrogen-bond donors (Lipinski definition) is 1. The number of nitrogens with one attached hydrogen (secondary N) is 1. The normalized spacial score (nSPS) is 12.0. The zero-order valence-electron chi connectivity index (χ0n) is 17.1. The second-order valence-electron chi connectivity index (χ2n) is 6.83. The second-order valence-corrected chi connectivity index (χ2v) is 9.10. The number of sulfonamides is 1. The van der Waals surface area contributed by atoms with Crippen molar-refractivity contribution in [2.75, 3.05) is 10.8 Å². The molecule has 3 aromatic rings. The van der Waals surface area contributed by atoms with Gasteiger partial charge in [-0.25, -0.2) is 18.2 Å². The molecule has 0 aliphatic carbocycles. The highest BCUT2D eigenvalue weighted by atomic mass is 35.5. The average Bonchev–Trinajstić information content (AvgIpc) is 2.79. The lowest BCUT2D eigenvalue weighted by molar-refractivity contribution is -0.137. The zero-order chi connectivity index (χ0) is 24.9. The summed E-state index contributed by atoms with van der Waals surface area (Å²) in [5, 5.41) is 3.05. The quantitative estimate of drug-likeness (QED) is 0.279. The van der Waals surface area contributed by atoms with Gasteiger partial charge in [0.05, 0.1) is 27.4 Å². The van der Waals surface area contributed by atoms with Crippen LogP contribution >= 0.6 is 11.6 Å². The van der Waals surface area contributed by atoms with Gasteiger partial charge in [-0.1, -0.05) is 41.9 Å². The van der Waals surface area contributed by atoms with Crippen LogP contribution in [0.2, 0.25) is 5.02 Å². The van der Waals surface area contributed by atoms with Crippen molar-refractivity contribution in [1.29, 1.82) is 0 Å². The first-order valence-corrected chi connectivity index (χ1v) is 11.3. The van der Waals surface area contributed by atoms with Crippen LogP contribution in [0.15, 0.2) is 82.8 Å². The fourth-order valence-electron chi connectivity index (χ4n) is 2.81. The number of benzene rings is 3. The number of nitrogens with zero attached hydrogens (tertiary/aromatic N) is 2. The zero-order valence-corrected chi connectivity index (χ0v) is 18.7. The van der Waals surface area contributed by atoms with Crippen LogP contribution in [-0.2, 0) is 21.0 Å². The van der Waals surface area contributed by atoms with Crippen molar-refractivity contribution in [3.63, 3.8) is 0 Å². The van der Waals surface area contributed by atoms with Crippen LogP contribution in [0.25, 0.3) is 0 Å². The number of rotatable bonds is 7. The predicted octanol–water partition coefficient (Wildman–Crippen LogP) is 4.84. The minimum absolute atomic E-state index is 0.235. The Labute approximate surface area is 197 Å². The van der Waals surface area contributed by atoms with Gasteiger partial charge in [0.1, 0.15) is 12.4 Å². The molecule has 3 rings (SSSR count). The molecule has 6 nitrogen and oxygen atoms in total. The molecule has 1 N–H and O–H groups in total. The van der Waals surface area contributed by atoms with Crippen LogP contribution in [0, 0.1) is 5.82 Å². The average molecular weight is 514 g/mol. The molecule has 0 spiro atoms. The van der Waals surface area contributed by atoms with Crippen LogP contribution in [-0.4, -0.2) is 27.1 Å². The summed E-state index contributed by atoms with van der Waals surface area (Å²) in [6.07, 6.45) is -3.66. The minimum atomic E-state index is -4.85. The van der Waals surface area contributed by atoms with Crippen LogP contribution in [0.3, 0.4) is 0 Å². The fourth-order valence-corrected chi connectivity index (χ4v) is 4.47. The standard InChI is InChI=1S/C22H16ClF4N3O3S/c23-20-11-10-17(12-19(20)22(25,26)27)30(34(32,33)18-4-2-1-3-5-18)14-21(31)29-28-13-15-6-8-16(24)9-7-15/h1-13H,14H2,(H,29,31)/b28-13-. The van der Waals surface area contributed by atoms with E-state index < -0.39 is 50.7 Å². The smallest absolute Gasteiger partial charge is 0.271 e. The molecule has 0 bridgehead atoms. The molecule has 0 aliphatic rings. The number of carbonyl (C=O) groups is 1. The lowest BCUT2D eigenvalue weighted by Crippen LogP contribution is -2.39. The second kappa shape index (κ2) is 10.2. The maximum Gasteiger partial charge on any atom is 0.417 e. The molecule has 1 amide bonds. The Morgan fingerprint density at radius 1 is 1.03 bits per heavy atom. The number of halogens is 5. The van der Waals surface area contributed by atoms with Crippen LogP contribution in [0.4, 0.5) is 23.2 Å².